The lowest BCUT2D eigenvalue weighted by molar-refractivity contribution is -0.147. The molecule has 0 radical (unpaired) electrons. The molecular formula is C14H23N3O3. The maximum Gasteiger partial charge on any atom is 0.311 e. The van der Waals surface area contributed by atoms with Crippen LogP contribution in [0.4, 0.5) is 0 Å². The Labute approximate surface area is 119 Å². The van der Waals surface area contributed by atoms with Crippen LogP contribution in [0.15, 0.2) is 0 Å². The number of nitrogens with one attached hydrogen (secondary N) is 1. The average Bonchev–Trinajstić information content (AvgIpc) is 2.47. The van der Waals surface area contributed by atoms with Gasteiger partial charge in [-0.2, -0.15) is 0 Å². The molecule has 1 saturated heterocycles. The van der Waals surface area contributed by atoms with Gasteiger partial charge in [0.1, 0.15) is 0 Å². The van der Waals surface area contributed by atoms with Crippen molar-refractivity contribution < 1.29 is 14.4 Å². The number of hydrogen-bond donors (Lipinski definition) is 2. The standard InChI is InChI=1S/C14H23N3O3/c15-12(18)10-6-8-17(9-7-10)14(20)13(19)16-11-4-2-1-3-5-11/h10-11H,1-9H2,(H2,15,18)(H,16,19). The molecule has 6 nitrogen and oxygen atoms in total. The number of piperidine rings is 1. The van der Waals surface area contributed by atoms with E-state index in [9.17, 15) is 14.4 Å². The molecule has 1 aliphatic carbocycles. The van der Waals surface area contributed by atoms with Crippen molar-refractivity contribution >= 4 is 17.7 Å². The Bertz CT molecular complexity index is 383. The van der Waals surface area contributed by atoms with Gasteiger partial charge in [0, 0.05) is 25.0 Å². The number of primary amides is 1. The Balaban J connectivity index is 1.79. The number of rotatable bonds is 2. The third-order valence-corrected chi connectivity index (χ3v) is 4.32. The molecule has 0 aromatic carbocycles. The number of likely N-dealkylation sites (tertiary alicyclic amines) is 1. The molecule has 2 rings (SSSR count). The number of hydrogen-bond acceptors (Lipinski definition) is 3. The second-order valence-electron chi connectivity index (χ2n) is 5.78. The summed E-state index contributed by atoms with van der Waals surface area (Å²) in [4.78, 5) is 36.6. The second-order valence-corrected chi connectivity index (χ2v) is 5.78. The van der Waals surface area contributed by atoms with E-state index in [2.05, 4.69) is 5.32 Å². The molecule has 0 atom stereocenters. The summed E-state index contributed by atoms with van der Waals surface area (Å²) in [5.74, 6) is -1.46. The second kappa shape index (κ2) is 6.72. The molecular weight excluding hydrogens is 258 g/mol. The largest absolute Gasteiger partial charge is 0.369 e. The first-order valence-electron chi connectivity index (χ1n) is 7.47. The number of nitrogens with two attached hydrogens (primary N) is 1. The van der Waals surface area contributed by atoms with E-state index in [1.54, 1.807) is 0 Å². The Morgan fingerprint density at radius 3 is 2.10 bits per heavy atom. The van der Waals surface area contributed by atoms with E-state index in [1.807, 2.05) is 0 Å². The third kappa shape index (κ3) is 3.71. The number of amides is 3. The molecule has 3 amide bonds. The van der Waals surface area contributed by atoms with Crippen molar-refractivity contribution in [3.8, 4) is 0 Å². The molecule has 0 bridgehead atoms. The van der Waals surface area contributed by atoms with Gasteiger partial charge in [0.2, 0.25) is 5.91 Å². The Morgan fingerprint density at radius 2 is 1.55 bits per heavy atom. The zero-order valence-electron chi connectivity index (χ0n) is 11.8. The SMILES string of the molecule is NC(=O)C1CCN(C(=O)C(=O)NC2CCCCC2)CC1. The van der Waals surface area contributed by atoms with Crippen LogP contribution in [0.3, 0.4) is 0 Å². The predicted molar refractivity (Wildman–Crippen MR) is 73.5 cm³/mol. The van der Waals surface area contributed by atoms with Crippen LogP contribution < -0.4 is 11.1 Å². The van der Waals surface area contributed by atoms with Gasteiger partial charge >= 0.3 is 11.8 Å². The number of nitrogens with zero attached hydrogens (tertiary/aromatic N) is 1. The molecule has 2 fully saturated rings. The fourth-order valence-electron chi connectivity index (χ4n) is 3.00. The fourth-order valence-corrected chi connectivity index (χ4v) is 3.00. The molecule has 1 heterocycles. The van der Waals surface area contributed by atoms with Crippen LogP contribution in [0.2, 0.25) is 0 Å². The highest BCUT2D eigenvalue weighted by Crippen LogP contribution is 2.18. The van der Waals surface area contributed by atoms with Crippen molar-refractivity contribution in [1.29, 1.82) is 0 Å². The molecule has 1 aliphatic heterocycles. The zero-order valence-corrected chi connectivity index (χ0v) is 11.8. The van der Waals surface area contributed by atoms with Crippen molar-refractivity contribution in [3.63, 3.8) is 0 Å². The topological polar surface area (TPSA) is 92.5 Å². The normalized spacial score (nSPS) is 21.5. The lowest BCUT2D eigenvalue weighted by Crippen LogP contribution is -2.50. The van der Waals surface area contributed by atoms with Gasteiger partial charge in [0.05, 0.1) is 0 Å². The summed E-state index contributed by atoms with van der Waals surface area (Å²) in [6, 6.07) is 0.142. The predicted octanol–water partition coefficient (Wildman–Crippen LogP) is 0.159. The maximum atomic E-state index is 12.0. The Hall–Kier alpha value is -1.59. The number of carbonyl (C=O) groups excluding carboxylic acids is 3. The first-order chi connectivity index (χ1) is 9.58. The summed E-state index contributed by atoms with van der Waals surface area (Å²) in [7, 11) is 0. The summed E-state index contributed by atoms with van der Waals surface area (Å²) in [6.07, 6.45) is 6.47. The zero-order chi connectivity index (χ0) is 14.5. The molecule has 0 spiro atoms. The van der Waals surface area contributed by atoms with Gasteiger partial charge < -0.3 is 16.0 Å². The van der Waals surface area contributed by atoms with Crippen LogP contribution >= 0.6 is 0 Å². The Morgan fingerprint density at radius 1 is 0.950 bits per heavy atom. The van der Waals surface area contributed by atoms with Crippen molar-refractivity contribution in [3.05, 3.63) is 0 Å². The smallest absolute Gasteiger partial charge is 0.311 e. The van der Waals surface area contributed by atoms with Crippen LogP contribution in [0.5, 0.6) is 0 Å². The quantitative estimate of drug-likeness (QED) is 0.706. The molecule has 0 aromatic heterocycles. The lowest BCUT2D eigenvalue weighted by Gasteiger charge is -2.31. The van der Waals surface area contributed by atoms with E-state index < -0.39 is 11.8 Å². The lowest BCUT2D eigenvalue weighted by atomic mass is 9.95. The first-order valence-corrected chi connectivity index (χ1v) is 7.47. The molecule has 0 aromatic rings. The minimum Gasteiger partial charge on any atom is -0.369 e. The van der Waals surface area contributed by atoms with Gasteiger partial charge in [-0.15, -0.1) is 0 Å². The molecule has 20 heavy (non-hydrogen) atoms. The van der Waals surface area contributed by atoms with E-state index in [1.165, 1.54) is 11.3 Å². The monoisotopic (exact) mass is 281 g/mol. The average molecular weight is 281 g/mol. The Kier molecular flexibility index (Phi) is 4.98. The van der Waals surface area contributed by atoms with E-state index >= 15 is 0 Å². The molecule has 112 valence electrons. The van der Waals surface area contributed by atoms with E-state index in [4.69, 9.17) is 5.73 Å². The van der Waals surface area contributed by atoms with Crippen LogP contribution in [-0.4, -0.2) is 41.8 Å². The molecule has 0 unspecified atom stereocenters. The summed E-state index contributed by atoms with van der Waals surface area (Å²) in [6.45, 7) is 0.870. The van der Waals surface area contributed by atoms with Crippen LogP contribution in [0, 0.1) is 5.92 Å². The van der Waals surface area contributed by atoms with Crippen LogP contribution in [-0.2, 0) is 14.4 Å². The van der Waals surface area contributed by atoms with Crippen LogP contribution in [0.1, 0.15) is 44.9 Å². The number of carbonyl (C=O) groups is 3. The maximum absolute atomic E-state index is 12.0. The summed E-state index contributed by atoms with van der Waals surface area (Å²) < 4.78 is 0. The third-order valence-electron chi connectivity index (χ3n) is 4.32. The van der Waals surface area contributed by atoms with Gasteiger partial charge in [0.25, 0.3) is 0 Å². The highest BCUT2D eigenvalue weighted by molar-refractivity contribution is 6.35. The summed E-state index contributed by atoms with van der Waals surface area (Å²) >= 11 is 0. The molecule has 6 heteroatoms. The van der Waals surface area contributed by atoms with Gasteiger partial charge in [-0.3, -0.25) is 14.4 Å². The molecule has 1 saturated carbocycles. The minimum absolute atomic E-state index is 0.142. The highest BCUT2D eigenvalue weighted by Gasteiger charge is 2.30. The summed E-state index contributed by atoms with van der Waals surface area (Å²) in [5, 5.41) is 2.83. The van der Waals surface area contributed by atoms with E-state index in [0.29, 0.717) is 25.9 Å². The van der Waals surface area contributed by atoms with Crippen LogP contribution in [0.25, 0.3) is 0 Å². The van der Waals surface area contributed by atoms with Gasteiger partial charge in [-0.1, -0.05) is 19.3 Å². The summed E-state index contributed by atoms with van der Waals surface area (Å²) in [5.41, 5.74) is 5.25. The van der Waals surface area contributed by atoms with Crippen molar-refractivity contribution in [2.24, 2.45) is 11.7 Å². The first kappa shape index (κ1) is 14.8. The molecule has 2 aliphatic rings. The van der Waals surface area contributed by atoms with Crippen molar-refractivity contribution in [1.82, 2.24) is 10.2 Å². The molecule has 3 N–H and O–H groups in total. The van der Waals surface area contributed by atoms with E-state index in [0.717, 1.165) is 25.7 Å². The van der Waals surface area contributed by atoms with E-state index in [-0.39, 0.29) is 17.9 Å². The minimum atomic E-state index is -0.505. The fraction of sp³-hybridized carbons (Fsp3) is 0.786. The van der Waals surface area contributed by atoms with Gasteiger partial charge in [-0.05, 0) is 25.7 Å². The van der Waals surface area contributed by atoms with Gasteiger partial charge in [-0.25, -0.2) is 0 Å². The van der Waals surface area contributed by atoms with Crippen molar-refractivity contribution in [2.45, 2.75) is 51.0 Å². The van der Waals surface area contributed by atoms with Gasteiger partial charge in [0.15, 0.2) is 0 Å². The highest BCUT2D eigenvalue weighted by atomic mass is 16.2. The van der Waals surface area contributed by atoms with Crippen molar-refractivity contribution in [2.75, 3.05) is 13.1 Å².